The molecule has 1 aliphatic heterocycles. The van der Waals surface area contributed by atoms with Crippen LogP contribution in [0.4, 0.5) is 0 Å². The molecule has 0 spiro atoms. The zero-order chi connectivity index (χ0) is 15.2. The Hall–Kier alpha value is -0.120. The van der Waals surface area contributed by atoms with Crippen LogP contribution in [0.1, 0.15) is 59.8 Å². The topological polar surface area (TPSA) is 24.5 Å². The first-order chi connectivity index (χ1) is 9.45. The Morgan fingerprint density at radius 2 is 1.90 bits per heavy atom. The van der Waals surface area contributed by atoms with Crippen LogP contribution in [0.2, 0.25) is 0 Å². The summed E-state index contributed by atoms with van der Waals surface area (Å²) in [5.74, 6) is 0.787. The van der Waals surface area contributed by atoms with E-state index < -0.39 is 0 Å². The molecule has 0 aromatic heterocycles. The molecule has 1 heterocycles. The molecule has 0 aliphatic carbocycles. The highest BCUT2D eigenvalue weighted by atomic mass is 16.5. The molecule has 3 nitrogen and oxygen atoms in total. The molecular weight excluding hydrogens is 248 g/mol. The summed E-state index contributed by atoms with van der Waals surface area (Å²) in [6, 6.07) is 1.26. The second kappa shape index (κ2) is 8.35. The van der Waals surface area contributed by atoms with Crippen molar-refractivity contribution in [1.29, 1.82) is 0 Å². The van der Waals surface area contributed by atoms with Crippen molar-refractivity contribution in [1.82, 2.24) is 10.2 Å². The minimum absolute atomic E-state index is 0.0818. The van der Waals surface area contributed by atoms with Gasteiger partial charge in [-0.2, -0.15) is 0 Å². The maximum absolute atomic E-state index is 5.94. The summed E-state index contributed by atoms with van der Waals surface area (Å²) in [4.78, 5) is 2.39. The lowest BCUT2D eigenvalue weighted by atomic mass is 9.89. The summed E-state index contributed by atoms with van der Waals surface area (Å²) in [5, 5.41) is 3.82. The Labute approximate surface area is 126 Å². The average molecular weight is 284 g/mol. The van der Waals surface area contributed by atoms with E-state index in [9.17, 15) is 0 Å². The number of nitrogens with zero attached hydrogens (tertiary/aromatic N) is 1. The van der Waals surface area contributed by atoms with Gasteiger partial charge in [-0.05, 0) is 46.2 Å². The fourth-order valence-corrected chi connectivity index (χ4v) is 3.44. The van der Waals surface area contributed by atoms with E-state index in [0.717, 1.165) is 38.3 Å². The van der Waals surface area contributed by atoms with Gasteiger partial charge in [0.25, 0.3) is 0 Å². The van der Waals surface area contributed by atoms with Crippen molar-refractivity contribution < 1.29 is 4.74 Å². The van der Waals surface area contributed by atoms with Gasteiger partial charge >= 0.3 is 0 Å². The van der Waals surface area contributed by atoms with E-state index in [1.54, 1.807) is 0 Å². The van der Waals surface area contributed by atoms with Crippen molar-refractivity contribution >= 4 is 0 Å². The lowest BCUT2D eigenvalue weighted by molar-refractivity contribution is -0.0785. The Bertz CT molecular complexity index is 266. The van der Waals surface area contributed by atoms with Crippen molar-refractivity contribution in [3.63, 3.8) is 0 Å². The summed E-state index contributed by atoms with van der Waals surface area (Å²) in [7, 11) is 4.43. The molecule has 1 saturated heterocycles. The molecule has 1 rings (SSSR count). The highest BCUT2D eigenvalue weighted by molar-refractivity contribution is 4.87. The number of ether oxygens (including phenoxy) is 1. The molecule has 120 valence electrons. The molecule has 0 saturated carbocycles. The smallest absolute Gasteiger partial charge is 0.0666 e. The third-order valence-corrected chi connectivity index (χ3v) is 5.21. The molecule has 1 aliphatic rings. The van der Waals surface area contributed by atoms with Crippen LogP contribution in [0.5, 0.6) is 0 Å². The minimum atomic E-state index is 0.0818. The van der Waals surface area contributed by atoms with Gasteiger partial charge in [-0.25, -0.2) is 0 Å². The molecule has 0 radical (unpaired) electrons. The van der Waals surface area contributed by atoms with Crippen LogP contribution in [0.15, 0.2) is 0 Å². The maximum atomic E-state index is 5.94. The van der Waals surface area contributed by atoms with Gasteiger partial charge in [0.05, 0.1) is 5.60 Å². The van der Waals surface area contributed by atoms with Crippen LogP contribution in [0.25, 0.3) is 0 Å². The zero-order valence-corrected chi connectivity index (χ0v) is 14.5. The van der Waals surface area contributed by atoms with Gasteiger partial charge in [-0.15, -0.1) is 0 Å². The van der Waals surface area contributed by atoms with E-state index in [-0.39, 0.29) is 5.60 Å². The van der Waals surface area contributed by atoms with E-state index in [2.05, 4.69) is 52.0 Å². The van der Waals surface area contributed by atoms with Crippen molar-refractivity contribution in [3.05, 3.63) is 0 Å². The Kier molecular flexibility index (Phi) is 7.49. The summed E-state index contributed by atoms with van der Waals surface area (Å²) in [6.45, 7) is 11.1. The molecule has 0 aromatic rings. The molecule has 0 aromatic carbocycles. The van der Waals surface area contributed by atoms with E-state index >= 15 is 0 Å². The first-order valence-corrected chi connectivity index (χ1v) is 8.49. The fourth-order valence-electron chi connectivity index (χ4n) is 3.44. The normalized spacial score (nSPS) is 29.1. The molecule has 3 atom stereocenters. The molecular formula is C17H36N2O. The number of rotatable bonds is 8. The van der Waals surface area contributed by atoms with Gasteiger partial charge in [-0.3, -0.25) is 0 Å². The van der Waals surface area contributed by atoms with Gasteiger partial charge in [0, 0.05) is 25.2 Å². The summed E-state index contributed by atoms with van der Waals surface area (Å²) < 4.78 is 5.94. The van der Waals surface area contributed by atoms with Crippen LogP contribution in [0.3, 0.4) is 0 Å². The zero-order valence-electron chi connectivity index (χ0n) is 14.5. The molecule has 3 unspecified atom stereocenters. The van der Waals surface area contributed by atoms with Crippen molar-refractivity contribution in [2.24, 2.45) is 5.92 Å². The van der Waals surface area contributed by atoms with Gasteiger partial charge in [0.2, 0.25) is 0 Å². The highest BCUT2D eigenvalue weighted by Gasteiger charge is 2.32. The second-order valence-electron chi connectivity index (χ2n) is 6.86. The molecule has 1 fully saturated rings. The highest BCUT2D eigenvalue weighted by Crippen LogP contribution is 2.28. The molecule has 1 N–H and O–H groups in total. The van der Waals surface area contributed by atoms with Gasteiger partial charge in [-0.1, -0.05) is 33.6 Å². The predicted octanol–water partition coefficient (Wildman–Crippen LogP) is 3.29. The van der Waals surface area contributed by atoms with Crippen molar-refractivity contribution in [2.45, 2.75) is 77.5 Å². The third kappa shape index (κ3) is 5.01. The van der Waals surface area contributed by atoms with E-state index in [1.165, 1.54) is 12.8 Å². The van der Waals surface area contributed by atoms with Crippen LogP contribution in [-0.2, 0) is 4.74 Å². The van der Waals surface area contributed by atoms with Gasteiger partial charge in [0.1, 0.15) is 0 Å². The fraction of sp³-hybridized carbons (Fsp3) is 1.00. The van der Waals surface area contributed by atoms with Crippen molar-refractivity contribution in [3.8, 4) is 0 Å². The molecule has 0 amide bonds. The maximum Gasteiger partial charge on any atom is 0.0666 e. The summed E-state index contributed by atoms with van der Waals surface area (Å²) >= 11 is 0. The minimum Gasteiger partial charge on any atom is -0.375 e. The SMILES string of the molecule is CCC(CC)C(CNC1CCOC(C)(CC)C1)N(C)C. The monoisotopic (exact) mass is 284 g/mol. The Morgan fingerprint density at radius 3 is 2.40 bits per heavy atom. The molecule has 0 bridgehead atoms. The number of likely N-dealkylation sites (N-methyl/N-ethyl adjacent to an activating group) is 1. The first-order valence-electron chi connectivity index (χ1n) is 8.49. The summed E-state index contributed by atoms with van der Waals surface area (Å²) in [6.07, 6.45) is 5.93. The average Bonchev–Trinajstić information content (AvgIpc) is 2.43. The van der Waals surface area contributed by atoms with E-state index in [0.29, 0.717) is 12.1 Å². The van der Waals surface area contributed by atoms with Crippen molar-refractivity contribution in [2.75, 3.05) is 27.2 Å². The quantitative estimate of drug-likeness (QED) is 0.740. The van der Waals surface area contributed by atoms with Crippen LogP contribution >= 0.6 is 0 Å². The van der Waals surface area contributed by atoms with Crippen LogP contribution in [0, 0.1) is 5.92 Å². The predicted molar refractivity (Wildman–Crippen MR) is 87.2 cm³/mol. The van der Waals surface area contributed by atoms with E-state index in [1.807, 2.05) is 0 Å². The van der Waals surface area contributed by atoms with Crippen LogP contribution in [-0.4, -0.2) is 49.8 Å². The largest absolute Gasteiger partial charge is 0.375 e. The number of nitrogens with one attached hydrogen (secondary N) is 1. The number of hydrogen-bond acceptors (Lipinski definition) is 3. The van der Waals surface area contributed by atoms with Crippen LogP contribution < -0.4 is 5.32 Å². The third-order valence-electron chi connectivity index (χ3n) is 5.21. The molecule has 3 heteroatoms. The Morgan fingerprint density at radius 1 is 1.25 bits per heavy atom. The lowest BCUT2D eigenvalue weighted by Gasteiger charge is -2.40. The first kappa shape index (κ1) is 17.9. The summed E-state index contributed by atoms with van der Waals surface area (Å²) in [5.41, 5.74) is 0.0818. The van der Waals surface area contributed by atoms with E-state index in [4.69, 9.17) is 4.74 Å². The number of hydrogen-bond donors (Lipinski definition) is 1. The standard InChI is InChI=1S/C17H36N2O/c1-7-14(8-2)16(19(5)6)13-18-15-10-11-20-17(4,9-3)12-15/h14-16,18H,7-13H2,1-6H3. The van der Waals surface area contributed by atoms with Gasteiger partial charge in [0.15, 0.2) is 0 Å². The second-order valence-corrected chi connectivity index (χ2v) is 6.86. The van der Waals surface area contributed by atoms with Gasteiger partial charge < -0.3 is 15.0 Å². The Balaban J connectivity index is 2.50. The molecule has 20 heavy (non-hydrogen) atoms. The lowest BCUT2D eigenvalue weighted by Crippen LogP contribution is -2.50.